The van der Waals surface area contributed by atoms with E-state index in [2.05, 4.69) is 11.1 Å². The number of aromatic nitrogens is 1. The van der Waals surface area contributed by atoms with E-state index in [-0.39, 0.29) is 0 Å². The van der Waals surface area contributed by atoms with E-state index in [0.717, 1.165) is 33.3 Å². The van der Waals surface area contributed by atoms with Crippen molar-refractivity contribution in [2.45, 2.75) is 6.42 Å². The number of nitrogens with one attached hydrogen (secondary N) is 1. The van der Waals surface area contributed by atoms with Gasteiger partial charge in [0.05, 0.1) is 25.1 Å². The van der Waals surface area contributed by atoms with Crippen LogP contribution in [-0.4, -0.2) is 12.1 Å². The summed E-state index contributed by atoms with van der Waals surface area (Å²) in [6.07, 6.45) is 2.14. The lowest BCUT2D eigenvalue weighted by Gasteiger charge is -2.10. The highest BCUT2D eigenvalue weighted by Gasteiger charge is 2.16. The van der Waals surface area contributed by atoms with Gasteiger partial charge in [0.1, 0.15) is 5.75 Å². The Hall–Kier alpha value is -2.15. The van der Waals surface area contributed by atoms with Gasteiger partial charge in [-0.15, -0.1) is 0 Å². The second-order valence-electron chi connectivity index (χ2n) is 4.84. The van der Waals surface area contributed by atoms with Gasteiger partial charge in [-0.2, -0.15) is 5.26 Å². The Morgan fingerprint density at radius 1 is 1.18 bits per heavy atom. The van der Waals surface area contributed by atoms with Crippen molar-refractivity contribution in [1.82, 2.24) is 4.98 Å². The Morgan fingerprint density at radius 2 is 2.00 bits per heavy atom. The molecule has 0 saturated heterocycles. The van der Waals surface area contributed by atoms with Crippen LogP contribution in [0.3, 0.4) is 0 Å². The van der Waals surface area contributed by atoms with Crippen molar-refractivity contribution >= 4 is 34.1 Å². The first kappa shape index (κ1) is 14.8. The van der Waals surface area contributed by atoms with E-state index < -0.39 is 0 Å². The van der Waals surface area contributed by atoms with E-state index in [4.69, 9.17) is 33.2 Å². The number of rotatable bonds is 3. The predicted octanol–water partition coefficient (Wildman–Crippen LogP) is 5.22. The number of hydrogen-bond acceptors (Lipinski definition) is 2. The molecule has 0 atom stereocenters. The summed E-state index contributed by atoms with van der Waals surface area (Å²) in [4.78, 5) is 3.18. The molecule has 3 rings (SSSR count). The number of aromatic amines is 1. The average Bonchev–Trinajstić information content (AvgIpc) is 2.94. The Morgan fingerprint density at radius 3 is 2.73 bits per heavy atom. The number of ether oxygens (including phenoxy) is 1. The molecule has 0 spiro atoms. The maximum atomic E-state index is 9.04. The number of nitrogens with zero attached hydrogens (tertiary/aromatic N) is 1. The molecule has 3 aromatic rings. The Bertz CT molecular complexity index is 894. The van der Waals surface area contributed by atoms with E-state index in [1.165, 1.54) is 0 Å². The zero-order valence-electron chi connectivity index (χ0n) is 11.8. The first-order chi connectivity index (χ1) is 10.7. The molecule has 0 aliphatic carbocycles. The van der Waals surface area contributed by atoms with Crippen LogP contribution < -0.4 is 4.74 Å². The molecule has 0 aliphatic heterocycles. The number of H-pyrrole nitrogens is 1. The predicted molar refractivity (Wildman–Crippen MR) is 89.6 cm³/mol. The number of fused-ring (bicyclic) bond motifs is 1. The average molecular weight is 331 g/mol. The van der Waals surface area contributed by atoms with Gasteiger partial charge in [0.2, 0.25) is 0 Å². The minimum absolute atomic E-state index is 0.304. The normalized spacial score (nSPS) is 10.6. The summed E-state index contributed by atoms with van der Waals surface area (Å²) >= 11 is 12.4. The smallest absolute Gasteiger partial charge is 0.142 e. The summed E-state index contributed by atoms with van der Waals surface area (Å²) in [5.74, 6) is 0.723. The first-order valence-electron chi connectivity index (χ1n) is 6.65. The Labute approximate surface area is 138 Å². The molecule has 1 N–H and O–H groups in total. The third kappa shape index (κ3) is 2.41. The molecule has 5 heteroatoms. The minimum Gasteiger partial charge on any atom is -0.495 e. The lowest BCUT2D eigenvalue weighted by molar-refractivity contribution is 0.419. The molecule has 0 saturated carbocycles. The molecule has 1 aromatic heterocycles. The van der Waals surface area contributed by atoms with Gasteiger partial charge in [-0.25, -0.2) is 0 Å². The van der Waals surface area contributed by atoms with Crippen LogP contribution in [0, 0.1) is 11.3 Å². The number of hydrogen-bond donors (Lipinski definition) is 1. The van der Waals surface area contributed by atoms with Crippen LogP contribution in [-0.2, 0) is 6.42 Å². The molecule has 0 fully saturated rings. The van der Waals surface area contributed by atoms with E-state index in [9.17, 15) is 0 Å². The number of methoxy groups -OCH3 is 1. The zero-order chi connectivity index (χ0) is 15.7. The van der Waals surface area contributed by atoms with Crippen LogP contribution >= 0.6 is 23.2 Å². The van der Waals surface area contributed by atoms with Gasteiger partial charge >= 0.3 is 0 Å². The Kier molecular flexibility index (Phi) is 3.98. The van der Waals surface area contributed by atoms with Gasteiger partial charge in [0, 0.05) is 27.2 Å². The van der Waals surface area contributed by atoms with Crippen molar-refractivity contribution in [3.63, 3.8) is 0 Å². The number of benzene rings is 2. The summed E-state index contributed by atoms with van der Waals surface area (Å²) in [6.45, 7) is 0. The molecule has 2 aromatic carbocycles. The molecule has 22 heavy (non-hydrogen) atoms. The second kappa shape index (κ2) is 5.92. The van der Waals surface area contributed by atoms with Crippen LogP contribution in [0.2, 0.25) is 10.0 Å². The monoisotopic (exact) mass is 330 g/mol. The summed E-state index contributed by atoms with van der Waals surface area (Å²) in [5, 5.41) is 11.2. The van der Waals surface area contributed by atoms with Crippen LogP contribution in [0.5, 0.6) is 5.75 Å². The van der Waals surface area contributed by atoms with Gasteiger partial charge in [0.15, 0.2) is 0 Å². The summed E-state index contributed by atoms with van der Waals surface area (Å²) < 4.78 is 5.39. The molecule has 0 radical (unpaired) electrons. The highest BCUT2D eigenvalue weighted by Crippen LogP contribution is 2.39. The second-order valence-corrected chi connectivity index (χ2v) is 5.68. The standard InChI is InChI=1S/C17H12Cl2N2O/c1-22-15-5-3-12(13-8-11(18)2-4-14(13)19)16-10(6-7-20)9-21-17(15)16/h2-5,8-9,21H,6H2,1H3. The maximum Gasteiger partial charge on any atom is 0.142 e. The van der Waals surface area contributed by atoms with Crippen molar-refractivity contribution in [2.75, 3.05) is 7.11 Å². The van der Waals surface area contributed by atoms with Crippen molar-refractivity contribution in [2.24, 2.45) is 0 Å². The van der Waals surface area contributed by atoms with E-state index in [0.29, 0.717) is 16.5 Å². The van der Waals surface area contributed by atoms with E-state index in [1.54, 1.807) is 19.2 Å². The molecule has 1 heterocycles. The van der Waals surface area contributed by atoms with Gasteiger partial charge in [0.25, 0.3) is 0 Å². The van der Waals surface area contributed by atoms with Gasteiger partial charge in [-0.05, 0) is 41.5 Å². The van der Waals surface area contributed by atoms with Crippen molar-refractivity contribution in [3.05, 3.63) is 52.1 Å². The van der Waals surface area contributed by atoms with Crippen LogP contribution in [0.1, 0.15) is 5.56 Å². The number of halogens is 2. The molecule has 0 unspecified atom stereocenters. The summed E-state index contributed by atoms with van der Waals surface area (Å²) in [6, 6.07) is 11.3. The fraction of sp³-hybridized carbons (Fsp3) is 0.118. The topological polar surface area (TPSA) is 48.8 Å². The molecular formula is C17H12Cl2N2O. The van der Waals surface area contributed by atoms with E-state index in [1.807, 2.05) is 24.4 Å². The quantitative estimate of drug-likeness (QED) is 0.715. The first-order valence-corrected chi connectivity index (χ1v) is 7.40. The van der Waals surface area contributed by atoms with Crippen molar-refractivity contribution < 1.29 is 4.74 Å². The van der Waals surface area contributed by atoms with Crippen molar-refractivity contribution in [3.8, 4) is 22.9 Å². The molecular weight excluding hydrogens is 319 g/mol. The fourth-order valence-corrected chi connectivity index (χ4v) is 3.01. The van der Waals surface area contributed by atoms with Gasteiger partial charge in [-0.3, -0.25) is 0 Å². The molecule has 0 bridgehead atoms. The molecule has 110 valence electrons. The maximum absolute atomic E-state index is 9.04. The number of nitriles is 1. The van der Waals surface area contributed by atoms with Crippen LogP contribution in [0.4, 0.5) is 0 Å². The summed E-state index contributed by atoms with van der Waals surface area (Å²) in [5.41, 5.74) is 3.51. The third-order valence-corrected chi connectivity index (χ3v) is 4.15. The Balaban J connectivity index is 2.36. The largest absolute Gasteiger partial charge is 0.495 e. The van der Waals surface area contributed by atoms with Crippen LogP contribution in [0.15, 0.2) is 36.5 Å². The lowest BCUT2D eigenvalue weighted by atomic mass is 9.98. The third-order valence-electron chi connectivity index (χ3n) is 3.59. The van der Waals surface area contributed by atoms with Gasteiger partial charge in [-0.1, -0.05) is 23.2 Å². The summed E-state index contributed by atoms with van der Waals surface area (Å²) in [7, 11) is 1.62. The fourth-order valence-electron chi connectivity index (χ4n) is 2.61. The van der Waals surface area contributed by atoms with Crippen molar-refractivity contribution in [1.29, 1.82) is 5.26 Å². The highest BCUT2D eigenvalue weighted by molar-refractivity contribution is 6.35. The SMILES string of the molecule is COc1ccc(-c2cc(Cl)ccc2Cl)c2c(CC#N)c[nH]c12. The zero-order valence-corrected chi connectivity index (χ0v) is 13.3. The highest BCUT2D eigenvalue weighted by atomic mass is 35.5. The molecule has 3 nitrogen and oxygen atoms in total. The van der Waals surface area contributed by atoms with E-state index >= 15 is 0 Å². The van der Waals surface area contributed by atoms with Crippen LogP contribution in [0.25, 0.3) is 22.0 Å². The molecule has 0 amide bonds. The lowest BCUT2D eigenvalue weighted by Crippen LogP contribution is -1.89. The molecule has 0 aliphatic rings. The minimum atomic E-state index is 0.304. The van der Waals surface area contributed by atoms with Gasteiger partial charge < -0.3 is 9.72 Å².